The minimum atomic E-state index is -0.516. The van der Waals surface area contributed by atoms with Crippen LogP contribution in [0.5, 0.6) is 0 Å². The number of carbonyl (C=O) groups excluding carboxylic acids is 2. The molecule has 1 aromatic carbocycles. The van der Waals surface area contributed by atoms with E-state index in [0.29, 0.717) is 19.6 Å². The van der Waals surface area contributed by atoms with E-state index in [4.69, 9.17) is 4.74 Å². The molecule has 0 aliphatic carbocycles. The van der Waals surface area contributed by atoms with E-state index in [1.54, 1.807) is 9.80 Å². The Bertz CT molecular complexity index is 566. The van der Waals surface area contributed by atoms with Crippen molar-refractivity contribution in [3.8, 4) is 0 Å². The molecule has 1 heterocycles. The minimum Gasteiger partial charge on any atom is -0.444 e. The third kappa shape index (κ3) is 5.25. The lowest BCUT2D eigenvalue weighted by atomic mass is 9.96. The van der Waals surface area contributed by atoms with Gasteiger partial charge in [-0.1, -0.05) is 30.3 Å². The summed E-state index contributed by atoms with van der Waals surface area (Å²) in [5, 5.41) is 0. The molecule has 0 N–H and O–H groups in total. The molecule has 1 aliphatic rings. The largest absolute Gasteiger partial charge is 0.444 e. The first-order valence-electron chi connectivity index (χ1n) is 8.53. The molecule has 2 amide bonds. The van der Waals surface area contributed by atoms with E-state index >= 15 is 0 Å². The second-order valence-electron chi connectivity index (χ2n) is 7.45. The fraction of sp³-hybridized carbons (Fsp3) is 0.579. The number of benzene rings is 1. The Labute approximate surface area is 144 Å². The molecule has 0 aromatic heterocycles. The quantitative estimate of drug-likeness (QED) is 0.853. The van der Waals surface area contributed by atoms with Crippen molar-refractivity contribution < 1.29 is 14.3 Å². The third-order valence-electron chi connectivity index (χ3n) is 4.06. The van der Waals surface area contributed by atoms with Crippen molar-refractivity contribution in [2.24, 2.45) is 5.92 Å². The normalized spacial score (nSPS) is 18.2. The zero-order valence-corrected chi connectivity index (χ0v) is 15.1. The molecule has 1 fully saturated rings. The Morgan fingerprint density at radius 3 is 2.54 bits per heavy atom. The van der Waals surface area contributed by atoms with Crippen LogP contribution in [-0.4, -0.2) is 47.5 Å². The Morgan fingerprint density at radius 1 is 1.25 bits per heavy atom. The number of hydrogen-bond donors (Lipinski definition) is 0. The molecule has 1 saturated heterocycles. The van der Waals surface area contributed by atoms with Crippen molar-refractivity contribution >= 4 is 12.0 Å². The number of ether oxygens (including phenoxy) is 1. The average Bonchev–Trinajstić information content (AvgIpc) is 2.53. The van der Waals surface area contributed by atoms with Crippen molar-refractivity contribution in [2.45, 2.75) is 45.8 Å². The van der Waals surface area contributed by atoms with Gasteiger partial charge in [0.15, 0.2) is 0 Å². The summed E-state index contributed by atoms with van der Waals surface area (Å²) in [6.45, 7) is 7.23. The highest BCUT2D eigenvalue weighted by Gasteiger charge is 2.32. The molecule has 5 nitrogen and oxygen atoms in total. The predicted molar refractivity (Wildman–Crippen MR) is 93.4 cm³/mol. The van der Waals surface area contributed by atoms with E-state index in [9.17, 15) is 9.59 Å². The van der Waals surface area contributed by atoms with Gasteiger partial charge in [0.25, 0.3) is 0 Å². The van der Waals surface area contributed by atoms with Gasteiger partial charge in [0, 0.05) is 26.7 Å². The van der Waals surface area contributed by atoms with Crippen LogP contribution >= 0.6 is 0 Å². The molecule has 5 heteroatoms. The number of nitrogens with zero attached hydrogens (tertiary/aromatic N) is 2. The van der Waals surface area contributed by atoms with Crippen LogP contribution in [0.4, 0.5) is 4.79 Å². The maximum atomic E-state index is 12.7. The molecule has 1 aromatic rings. The van der Waals surface area contributed by atoms with Gasteiger partial charge in [-0.3, -0.25) is 4.79 Å². The topological polar surface area (TPSA) is 49.9 Å². The van der Waals surface area contributed by atoms with Crippen LogP contribution in [0.3, 0.4) is 0 Å². The van der Waals surface area contributed by atoms with Crippen molar-refractivity contribution in [2.75, 3.05) is 20.1 Å². The maximum Gasteiger partial charge on any atom is 0.410 e. The van der Waals surface area contributed by atoms with Gasteiger partial charge in [-0.25, -0.2) is 4.79 Å². The van der Waals surface area contributed by atoms with Gasteiger partial charge >= 0.3 is 6.09 Å². The Kier molecular flexibility index (Phi) is 5.86. The molecule has 0 spiro atoms. The van der Waals surface area contributed by atoms with E-state index in [1.807, 2.05) is 58.2 Å². The van der Waals surface area contributed by atoms with E-state index in [0.717, 1.165) is 18.4 Å². The highest BCUT2D eigenvalue weighted by molar-refractivity contribution is 5.80. The molecule has 0 bridgehead atoms. The molecule has 132 valence electrons. The van der Waals surface area contributed by atoms with Crippen LogP contribution in [0.1, 0.15) is 39.2 Å². The average molecular weight is 332 g/mol. The highest BCUT2D eigenvalue weighted by atomic mass is 16.6. The van der Waals surface area contributed by atoms with Gasteiger partial charge in [-0.15, -0.1) is 0 Å². The summed E-state index contributed by atoms with van der Waals surface area (Å²) in [7, 11) is 1.82. The first-order valence-corrected chi connectivity index (χ1v) is 8.53. The number of amides is 2. The first-order chi connectivity index (χ1) is 11.3. The zero-order valence-electron chi connectivity index (χ0n) is 15.1. The fourth-order valence-electron chi connectivity index (χ4n) is 2.92. The summed E-state index contributed by atoms with van der Waals surface area (Å²) in [6.07, 6.45) is 1.32. The Morgan fingerprint density at radius 2 is 1.92 bits per heavy atom. The molecule has 1 aliphatic heterocycles. The first kappa shape index (κ1) is 18.3. The van der Waals surface area contributed by atoms with Gasteiger partial charge in [0.05, 0.1) is 5.92 Å². The lowest BCUT2D eigenvalue weighted by Crippen LogP contribution is -2.47. The second kappa shape index (κ2) is 7.69. The molecular weight excluding hydrogens is 304 g/mol. The third-order valence-corrected chi connectivity index (χ3v) is 4.06. The maximum absolute atomic E-state index is 12.7. The van der Waals surface area contributed by atoms with Crippen molar-refractivity contribution in [3.05, 3.63) is 35.9 Å². The zero-order chi connectivity index (χ0) is 17.7. The van der Waals surface area contributed by atoms with Crippen LogP contribution in [0.25, 0.3) is 0 Å². The lowest BCUT2D eigenvalue weighted by Gasteiger charge is -2.35. The number of likely N-dealkylation sites (tertiary alicyclic amines) is 1. The van der Waals surface area contributed by atoms with Gasteiger partial charge in [-0.2, -0.15) is 0 Å². The SMILES string of the molecule is CN(Cc1ccccc1)C(=O)C1CCCN(C(=O)OC(C)(C)C)C1. The van der Waals surface area contributed by atoms with E-state index in [1.165, 1.54) is 0 Å². The summed E-state index contributed by atoms with van der Waals surface area (Å²) < 4.78 is 5.42. The molecular formula is C19H28N2O3. The van der Waals surface area contributed by atoms with Crippen LogP contribution in [0, 0.1) is 5.92 Å². The Balaban J connectivity index is 1.93. The molecule has 0 saturated carbocycles. The fourth-order valence-corrected chi connectivity index (χ4v) is 2.92. The van der Waals surface area contributed by atoms with Gasteiger partial charge in [0.2, 0.25) is 5.91 Å². The number of carbonyl (C=O) groups is 2. The molecule has 1 atom stereocenters. The Hall–Kier alpha value is -2.04. The van der Waals surface area contributed by atoms with E-state index < -0.39 is 5.60 Å². The summed E-state index contributed by atoms with van der Waals surface area (Å²) >= 11 is 0. The van der Waals surface area contributed by atoms with Crippen molar-refractivity contribution in [1.29, 1.82) is 0 Å². The summed E-state index contributed by atoms with van der Waals surface area (Å²) in [5.74, 6) is -0.0629. The number of piperidine rings is 1. The summed E-state index contributed by atoms with van der Waals surface area (Å²) in [4.78, 5) is 28.3. The van der Waals surface area contributed by atoms with Gasteiger partial charge in [-0.05, 0) is 39.2 Å². The summed E-state index contributed by atoms with van der Waals surface area (Å²) in [5.41, 5.74) is 0.589. The lowest BCUT2D eigenvalue weighted by molar-refractivity contribution is -0.136. The van der Waals surface area contributed by atoms with Crippen LogP contribution in [0.2, 0.25) is 0 Å². The monoisotopic (exact) mass is 332 g/mol. The van der Waals surface area contributed by atoms with Gasteiger partial charge < -0.3 is 14.5 Å². The second-order valence-corrected chi connectivity index (χ2v) is 7.45. The molecule has 0 radical (unpaired) electrons. The number of rotatable bonds is 3. The van der Waals surface area contributed by atoms with Crippen LogP contribution in [-0.2, 0) is 16.1 Å². The number of hydrogen-bond acceptors (Lipinski definition) is 3. The highest BCUT2D eigenvalue weighted by Crippen LogP contribution is 2.21. The van der Waals surface area contributed by atoms with Crippen molar-refractivity contribution in [1.82, 2.24) is 9.80 Å². The molecule has 2 rings (SSSR count). The molecule has 1 unspecified atom stereocenters. The summed E-state index contributed by atoms with van der Waals surface area (Å²) in [6, 6.07) is 9.93. The smallest absolute Gasteiger partial charge is 0.410 e. The standard InChI is InChI=1S/C19H28N2O3/c1-19(2,3)24-18(23)21-12-8-11-16(14-21)17(22)20(4)13-15-9-6-5-7-10-15/h5-7,9-10,16H,8,11-14H2,1-4H3. The minimum absolute atomic E-state index is 0.0899. The van der Waals surface area contributed by atoms with Crippen molar-refractivity contribution in [3.63, 3.8) is 0 Å². The van der Waals surface area contributed by atoms with Crippen LogP contribution < -0.4 is 0 Å². The van der Waals surface area contributed by atoms with Gasteiger partial charge in [0.1, 0.15) is 5.60 Å². The van der Waals surface area contributed by atoms with Crippen LogP contribution in [0.15, 0.2) is 30.3 Å². The predicted octanol–water partition coefficient (Wildman–Crippen LogP) is 3.29. The molecule has 24 heavy (non-hydrogen) atoms. The van der Waals surface area contributed by atoms with E-state index in [2.05, 4.69) is 0 Å². The van der Waals surface area contributed by atoms with E-state index in [-0.39, 0.29) is 17.9 Å².